The van der Waals surface area contributed by atoms with Crippen molar-refractivity contribution in [2.24, 2.45) is 0 Å². The van der Waals surface area contributed by atoms with Crippen molar-refractivity contribution in [3.05, 3.63) is 47.7 Å². The Morgan fingerprint density at radius 1 is 1.36 bits per heavy atom. The largest absolute Gasteiger partial charge is 0.493 e. The molecule has 0 amide bonds. The molecule has 2 rings (SSSR count). The summed E-state index contributed by atoms with van der Waals surface area (Å²) in [6, 6.07) is 1.86. The van der Waals surface area contributed by atoms with Gasteiger partial charge in [-0.25, -0.2) is 4.98 Å². The predicted molar refractivity (Wildman–Crippen MR) is 111 cm³/mol. The minimum absolute atomic E-state index is 0.225. The molecule has 0 spiro atoms. The van der Waals surface area contributed by atoms with Gasteiger partial charge in [-0.15, -0.1) is 0 Å². The van der Waals surface area contributed by atoms with E-state index in [1.165, 1.54) is 6.42 Å². The molecule has 28 heavy (non-hydrogen) atoms. The Morgan fingerprint density at radius 3 is 2.75 bits per heavy atom. The molecule has 0 unspecified atom stereocenters. The summed E-state index contributed by atoms with van der Waals surface area (Å²) in [6.07, 6.45) is 7.78. The fourth-order valence-electron chi connectivity index (χ4n) is 2.67. The lowest BCUT2D eigenvalue weighted by molar-refractivity contribution is 0.0244. The highest BCUT2D eigenvalue weighted by Crippen LogP contribution is 2.14. The summed E-state index contributed by atoms with van der Waals surface area (Å²) in [5, 5.41) is 16.1. The number of aliphatic hydroxyl groups is 1. The number of likely N-dealkylation sites (tertiary alicyclic amines) is 1. The van der Waals surface area contributed by atoms with E-state index < -0.39 is 6.10 Å². The first kappa shape index (κ1) is 21.7. The van der Waals surface area contributed by atoms with Gasteiger partial charge in [0.25, 0.3) is 0 Å². The van der Waals surface area contributed by atoms with E-state index in [0.717, 1.165) is 24.6 Å². The molecule has 154 valence electrons. The number of hydrogen-bond acceptors (Lipinski definition) is 8. The molecule has 0 aromatic carbocycles. The highest BCUT2D eigenvalue weighted by molar-refractivity contribution is 5.43. The van der Waals surface area contributed by atoms with Crippen LogP contribution in [0.15, 0.2) is 42.0 Å². The van der Waals surface area contributed by atoms with Crippen molar-refractivity contribution in [2.45, 2.75) is 26.4 Å². The van der Waals surface area contributed by atoms with Crippen LogP contribution in [-0.4, -0.2) is 66.5 Å². The summed E-state index contributed by atoms with van der Waals surface area (Å²) in [4.78, 5) is 10.8. The van der Waals surface area contributed by atoms with E-state index in [0.29, 0.717) is 24.0 Å². The number of aromatic nitrogens is 2. The van der Waals surface area contributed by atoms with Crippen molar-refractivity contribution in [1.29, 1.82) is 0 Å². The zero-order valence-electron chi connectivity index (χ0n) is 17.1. The maximum Gasteiger partial charge on any atom is 0.228 e. The molecular weight excluding hydrogens is 358 g/mol. The van der Waals surface area contributed by atoms with Crippen molar-refractivity contribution in [3.8, 4) is 0 Å². The van der Waals surface area contributed by atoms with Crippen LogP contribution in [0.2, 0.25) is 0 Å². The van der Waals surface area contributed by atoms with Gasteiger partial charge in [-0.1, -0.05) is 0 Å². The summed E-state index contributed by atoms with van der Waals surface area (Å²) in [5.41, 5.74) is 0.866. The third-order valence-electron chi connectivity index (χ3n) is 4.24. The van der Waals surface area contributed by atoms with Crippen LogP contribution in [0.3, 0.4) is 0 Å². The normalized spacial score (nSPS) is 16.6. The summed E-state index contributed by atoms with van der Waals surface area (Å²) < 4.78 is 11.2. The fraction of sp³-hybridized carbons (Fsp3) is 0.500. The first-order valence-electron chi connectivity index (χ1n) is 9.46. The minimum atomic E-state index is -0.523. The summed E-state index contributed by atoms with van der Waals surface area (Å²) in [5.74, 6) is 2.40. The summed E-state index contributed by atoms with van der Waals surface area (Å²) >= 11 is 0. The Bertz CT molecular complexity index is 714. The fourth-order valence-corrected chi connectivity index (χ4v) is 2.67. The van der Waals surface area contributed by atoms with Crippen LogP contribution in [0, 0.1) is 6.92 Å². The molecule has 0 radical (unpaired) electrons. The second-order valence-corrected chi connectivity index (χ2v) is 6.48. The van der Waals surface area contributed by atoms with Gasteiger partial charge in [-0.05, 0) is 51.6 Å². The van der Waals surface area contributed by atoms with E-state index in [2.05, 4.69) is 25.5 Å². The maximum atomic E-state index is 10.1. The number of hydrogen-bond donors (Lipinski definition) is 3. The number of nitrogens with zero attached hydrogens (tertiary/aromatic N) is 3. The smallest absolute Gasteiger partial charge is 0.228 e. The molecule has 3 N–H and O–H groups in total. The predicted octanol–water partition coefficient (Wildman–Crippen LogP) is 2.27. The van der Waals surface area contributed by atoms with E-state index in [9.17, 15) is 5.11 Å². The molecule has 0 bridgehead atoms. The highest BCUT2D eigenvalue weighted by Gasteiger charge is 2.18. The Hall–Kier alpha value is -2.58. The molecule has 1 aliphatic rings. The minimum Gasteiger partial charge on any atom is -0.493 e. The highest BCUT2D eigenvalue weighted by atomic mass is 16.5. The van der Waals surface area contributed by atoms with Crippen LogP contribution in [0.5, 0.6) is 0 Å². The average Bonchev–Trinajstić information content (AvgIpc) is 2.66. The lowest BCUT2D eigenvalue weighted by Crippen LogP contribution is -2.43. The lowest BCUT2D eigenvalue weighted by Gasteiger charge is -2.32. The van der Waals surface area contributed by atoms with Crippen molar-refractivity contribution < 1.29 is 14.6 Å². The van der Waals surface area contributed by atoms with Crippen LogP contribution < -0.4 is 10.6 Å². The monoisotopic (exact) mass is 389 g/mol. The molecule has 1 aliphatic heterocycles. The van der Waals surface area contributed by atoms with Gasteiger partial charge in [0, 0.05) is 31.6 Å². The molecule has 8 heteroatoms. The first-order chi connectivity index (χ1) is 13.5. The van der Waals surface area contributed by atoms with E-state index >= 15 is 0 Å². The number of nitrogens with one attached hydrogen (secondary N) is 2. The number of ether oxygens (including phenoxy) is 2. The SMILES string of the molecule is C\C=C(OC[C@H](O)CN1CCC1)/C(=C\C=C\Nc1nc(C)cc(NC)n1)OC. The third-order valence-corrected chi connectivity index (χ3v) is 4.24. The standard InChI is InChI=1S/C20H31N5O3/c1-5-17(28-14-16(26)13-25-10-7-11-25)18(27-4)8-6-9-22-20-23-15(2)12-19(21-3)24-20/h5-6,8-9,12,16,26H,7,10-11,13-14H2,1-4H3,(H2,21,22,23,24)/b9-6+,17-5+,18-8+/t16-/m1/s1. The molecule has 8 nitrogen and oxygen atoms in total. The number of methoxy groups -OCH3 is 1. The number of aryl methyl sites for hydroxylation is 1. The number of rotatable bonds is 11. The molecule has 0 saturated carbocycles. The van der Waals surface area contributed by atoms with Crippen LogP contribution in [0.25, 0.3) is 0 Å². The molecule has 0 aliphatic carbocycles. The molecule has 1 atom stereocenters. The molecule has 1 aromatic rings. The average molecular weight is 390 g/mol. The van der Waals surface area contributed by atoms with Crippen molar-refractivity contribution in [3.63, 3.8) is 0 Å². The van der Waals surface area contributed by atoms with E-state index in [4.69, 9.17) is 9.47 Å². The topological polar surface area (TPSA) is 91.8 Å². The van der Waals surface area contributed by atoms with Gasteiger partial charge in [-0.2, -0.15) is 4.98 Å². The number of β-amino-alcohol motifs (C(OH)–C–C–N with tert-alkyl or cyclic N) is 1. The Kier molecular flexibility index (Phi) is 8.77. The van der Waals surface area contributed by atoms with Crippen molar-refractivity contribution in [1.82, 2.24) is 14.9 Å². The second-order valence-electron chi connectivity index (χ2n) is 6.48. The van der Waals surface area contributed by atoms with E-state index in [1.807, 2.05) is 33.0 Å². The second kappa shape index (κ2) is 11.3. The Labute approximate surface area is 167 Å². The maximum absolute atomic E-state index is 10.1. The summed E-state index contributed by atoms with van der Waals surface area (Å²) in [7, 11) is 3.40. The summed E-state index contributed by atoms with van der Waals surface area (Å²) in [6.45, 7) is 6.74. The van der Waals surface area contributed by atoms with Crippen LogP contribution >= 0.6 is 0 Å². The van der Waals surface area contributed by atoms with Gasteiger partial charge < -0.3 is 30.1 Å². The first-order valence-corrected chi connectivity index (χ1v) is 9.46. The molecular formula is C20H31N5O3. The Balaban J connectivity index is 1.89. The van der Waals surface area contributed by atoms with Crippen molar-refractivity contribution >= 4 is 11.8 Å². The molecule has 1 aromatic heterocycles. The van der Waals surface area contributed by atoms with Crippen LogP contribution in [-0.2, 0) is 9.47 Å². The Morgan fingerprint density at radius 2 is 2.14 bits per heavy atom. The third kappa shape index (κ3) is 6.86. The quantitative estimate of drug-likeness (QED) is 0.392. The van der Waals surface area contributed by atoms with Crippen LogP contribution in [0.4, 0.5) is 11.8 Å². The van der Waals surface area contributed by atoms with Gasteiger partial charge in [0.2, 0.25) is 5.95 Å². The lowest BCUT2D eigenvalue weighted by atomic mass is 10.2. The number of anilines is 2. The van der Waals surface area contributed by atoms with Gasteiger partial charge >= 0.3 is 0 Å². The van der Waals surface area contributed by atoms with Crippen molar-refractivity contribution in [2.75, 3.05) is 51.0 Å². The zero-order valence-corrected chi connectivity index (χ0v) is 17.1. The number of allylic oxidation sites excluding steroid dienone is 3. The van der Waals surface area contributed by atoms with Gasteiger partial charge in [0.1, 0.15) is 18.5 Å². The number of aliphatic hydroxyl groups excluding tert-OH is 1. The van der Waals surface area contributed by atoms with E-state index in [-0.39, 0.29) is 6.61 Å². The van der Waals surface area contributed by atoms with Gasteiger partial charge in [0.15, 0.2) is 11.5 Å². The van der Waals surface area contributed by atoms with Gasteiger partial charge in [-0.3, -0.25) is 0 Å². The zero-order chi connectivity index (χ0) is 20.4. The van der Waals surface area contributed by atoms with Gasteiger partial charge in [0.05, 0.1) is 7.11 Å². The molecule has 1 saturated heterocycles. The van der Waals surface area contributed by atoms with E-state index in [1.54, 1.807) is 25.5 Å². The molecule has 1 fully saturated rings. The van der Waals surface area contributed by atoms with Crippen LogP contribution in [0.1, 0.15) is 19.0 Å². The molecule has 2 heterocycles.